The number of benzene rings is 2. The van der Waals surface area contributed by atoms with Crippen LogP contribution in [-0.2, 0) is 0 Å². The number of hydrogen-bond acceptors (Lipinski definition) is 5. The van der Waals surface area contributed by atoms with Crippen molar-refractivity contribution in [1.82, 2.24) is 15.5 Å². The van der Waals surface area contributed by atoms with Crippen LogP contribution < -0.4 is 5.32 Å². The van der Waals surface area contributed by atoms with Crippen molar-refractivity contribution >= 4 is 28.5 Å². The molecule has 0 bridgehead atoms. The van der Waals surface area contributed by atoms with Crippen LogP contribution in [0.15, 0.2) is 51.5 Å². The van der Waals surface area contributed by atoms with Gasteiger partial charge in [0.25, 0.3) is 5.91 Å². The van der Waals surface area contributed by atoms with E-state index in [0.717, 1.165) is 22.1 Å². The van der Waals surface area contributed by atoms with Gasteiger partial charge in [0.15, 0.2) is 0 Å². The zero-order valence-electron chi connectivity index (χ0n) is 14.0. The topological polar surface area (TPSA) is 81.2 Å². The van der Waals surface area contributed by atoms with E-state index in [1.165, 1.54) is 0 Å². The Morgan fingerprint density at radius 3 is 2.65 bits per heavy atom. The molecule has 2 aromatic heterocycles. The number of aryl methyl sites for hydroxylation is 1. The molecular formula is C19H14ClN3O3. The van der Waals surface area contributed by atoms with E-state index in [2.05, 4.69) is 15.5 Å². The van der Waals surface area contributed by atoms with E-state index in [1.54, 1.807) is 38.4 Å². The van der Waals surface area contributed by atoms with Crippen LogP contribution in [0, 0.1) is 6.92 Å². The minimum Gasteiger partial charge on any atom is -0.464 e. The van der Waals surface area contributed by atoms with Gasteiger partial charge in [-0.15, -0.1) is 10.2 Å². The number of furan rings is 1. The number of carbonyl (C=O) groups is 1. The molecule has 0 saturated heterocycles. The Balaban J connectivity index is 1.83. The first kappa shape index (κ1) is 16.4. The summed E-state index contributed by atoms with van der Waals surface area (Å²) in [6.45, 7) is 1.74. The lowest BCUT2D eigenvalue weighted by atomic mass is 10.0. The van der Waals surface area contributed by atoms with Crippen LogP contribution in [0.3, 0.4) is 0 Å². The summed E-state index contributed by atoms with van der Waals surface area (Å²) in [5.74, 6) is 0.752. The highest BCUT2D eigenvalue weighted by molar-refractivity contribution is 6.34. The number of nitrogens with zero attached hydrogens (tertiary/aromatic N) is 2. The third kappa shape index (κ3) is 2.74. The molecule has 4 rings (SSSR count). The van der Waals surface area contributed by atoms with Gasteiger partial charge < -0.3 is 14.2 Å². The molecule has 0 unspecified atom stereocenters. The monoisotopic (exact) mass is 367 g/mol. The third-order valence-electron chi connectivity index (χ3n) is 4.09. The molecule has 0 spiro atoms. The largest absolute Gasteiger partial charge is 0.464 e. The summed E-state index contributed by atoms with van der Waals surface area (Å²) >= 11 is 6.42. The molecule has 1 amide bonds. The highest BCUT2D eigenvalue weighted by atomic mass is 35.5. The lowest BCUT2D eigenvalue weighted by Crippen LogP contribution is -2.17. The molecule has 0 aliphatic rings. The van der Waals surface area contributed by atoms with E-state index >= 15 is 0 Å². The number of nitrogens with one attached hydrogen (secondary N) is 1. The molecule has 0 fully saturated rings. The number of rotatable bonds is 3. The van der Waals surface area contributed by atoms with Crippen molar-refractivity contribution in [1.29, 1.82) is 0 Å². The van der Waals surface area contributed by atoms with Crippen molar-refractivity contribution in [2.45, 2.75) is 6.92 Å². The first-order valence-electron chi connectivity index (χ1n) is 7.90. The molecule has 1 N–H and O–H groups in total. The molecule has 26 heavy (non-hydrogen) atoms. The summed E-state index contributed by atoms with van der Waals surface area (Å²) in [5.41, 5.74) is 3.60. The molecule has 0 atom stereocenters. The van der Waals surface area contributed by atoms with Gasteiger partial charge >= 0.3 is 0 Å². The van der Waals surface area contributed by atoms with Gasteiger partial charge in [0.2, 0.25) is 11.8 Å². The van der Waals surface area contributed by atoms with Gasteiger partial charge in [0, 0.05) is 46.6 Å². The lowest BCUT2D eigenvalue weighted by molar-refractivity contribution is 0.0963. The predicted octanol–water partition coefficient (Wildman–Crippen LogP) is 4.47. The molecular weight excluding hydrogens is 354 g/mol. The fraction of sp³-hybridized carbons (Fsp3) is 0.105. The minimum absolute atomic E-state index is 0.190. The van der Waals surface area contributed by atoms with Crippen molar-refractivity contribution in [2.24, 2.45) is 0 Å². The number of carbonyl (C=O) groups excluding carboxylic acids is 1. The Kier molecular flexibility index (Phi) is 3.97. The maximum Gasteiger partial charge on any atom is 0.251 e. The second kappa shape index (κ2) is 6.31. The molecule has 0 saturated carbocycles. The Morgan fingerprint density at radius 1 is 1.12 bits per heavy atom. The van der Waals surface area contributed by atoms with E-state index in [4.69, 9.17) is 20.4 Å². The molecule has 6 nitrogen and oxygen atoms in total. The van der Waals surface area contributed by atoms with Crippen LogP contribution in [-0.4, -0.2) is 23.2 Å². The molecule has 4 aromatic rings. The van der Waals surface area contributed by atoms with Crippen LogP contribution >= 0.6 is 11.6 Å². The standard InChI is InChI=1S/C19H14ClN3O3/c1-10-22-23-19(26-10)12-4-6-17-14(7-12)15(9-25-17)13-5-3-11(8-16(13)20)18(24)21-2/h3-9H,1-2H3,(H,21,24). The Hall–Kier alpha value is -3.12. The third-order valence-corrected chi connectivity index (χ3v) is 4.41. The maximum absolute atomic E-state index is 11.8. The van der Waals surface area contributed by atoms with Crippen molar-refractivity contribution < 1.29 is 13.6 Å². The first-order chi connectivity index (χ1) is 12.6. The highest BCUT2D eigenvalue weighted by Gasteiger charge is 2.15. The minimum atomic E-state index is -0.190. The quantitative estimate of drug-likeness (QED) is 0.577. The van der Waals surface area contributed by atoms with Crippen LogP contribution in [0.5, 0.6) is 0 Å². The molecule has 2 aromatic carbocycles. The zero-order chi connectivity index (χ0) is 18.3. The number of amides is 1. The van der Waals surface area contributed by atoms with Crippen LogP contribution in [0.25, 0.3) is 33.6 Å². The fourth-order valence-electron chi connectivity index (χ4n) is 2.80. The Morgan fingerprint density at radius 2 is 1.96 bits per heavy atom. The molecule has 0 aliphatic heterocycles. The lowest BCUT2D eigenvalue weighted by Gasteiger charge is -2.06. The van der Waals surface area contributed by atoms with Crippen molar-refractivity contribution in [3.63, 3.8) is 0 Å². The van der Waals surface area contributed by atoms with E-state index in [9.17, 15) is 4.79 Å². The predicted molar refractivity (Wildman–Crippen MR) is 98.1 cm³/mol. The van der Waals surface area contributed by atoms with Crippen LogP contribution in [0.4, 0.5) is 0 Å². The van der Waals surface area contributed by atoms with Gasteiger partial charge in [-0.05, 0) is 30.3 Å². The van der Waals surface area contributed by atoms with Crippen molar-refractivity contribution in [3.8, 4) is 22.6 Å². The maximum atomic E-state index is 11.8. The van der Waals surface area contributed by atoms with Gasteiger partial charge in [-0.3, -0.25) is 4.79 Å². The van der Waals surface area contributed by atoms with E-state index in [0.29, 0.717) is 28.0 Å². The van der Waals surface area contributed by atoms with Gasteiger partial charge in [-0.2, -0.15) is 0 Å². The average molecular weight is 368 g/mol. The summed E-state index contributed by atoms with van der Waals surface area (Å²) in [7, 11) is 1.58. The highest BCUT2D eigenvalue weighted by Crippen LogP contribution is 2.37. The smallest absolute Gasteiger partial charge is 0.251 e. The first-order valence-corrected chi connectivity index (χ1v) is 8.28. The number of fused-ring (bicyclic) bond motifs is 1. The Labute approximate surface area is 153 Å². The van der Waals surface area contributed by atoms with Gasteiger partial charge in [0.1, 0.15) is 5.58 Å². The summed E-state index contributed by atoms with van der Waals surface area (Å²) in [4.78, 5) is 11.8. The molecule has 130 valence electrons. The van der Waals surface area contributed by atoms with E-state index < -0.39 is 0 Å². The number of hydrogen-bond donors (Lipinski definition) is 1. The van der Waals surface area contributed by atoms with Crippen LogP contribution in [0.1, 0.15) is 16.2 Å². The van der Waals surface area contributed by atoms with Crippen LogP contribution in [0.2, 0.25) is 5.02 Å². The summed E-state index contributed by atoms with van der Waals surface area (Å²) in [5, 5.41) is 11.8. The van der Waals surface area contributed by atoms with Gasteiger partial charge in [0.05, 0.1) is 6.26 Å². The van der Waals surface area contributed by atoms with Gasteiger partial charge in [-0.1, -0.05) is 17.7 Å². The molecule has 0 radical (unpaired) electrons. The van der Waals surface area contributed by atoms with Crippen molar-refractivity contribution in [3.05, 3.63) is 59.1 Å². The SMILES string of the molecule is CNC(=O)c1ccc(-c2coc3ccc(-c4nnc(C)o4)cc23)c(Cl)c1. The second-order valence-electron chi connectivity index (χ2n) is 5.76. The van der Waals surface area contributed by atoms with E-state index in [1.807, 2.05) is 18.2 Å². The summed E-state index contributed by atoms with van der Waals surface area (Å²) in [6.07, 6.45) is 1.65. The normalized spacial score (nSPS) is 11.0. The summed E-state index contributed by atoms with van der Waals surface area (Å²) in [6, 6.07) is 10.8. The second-order valence-corrected chi connectivity index (χ2v) is 6.17. The Bertz CT molecular complexity index is 1130. The van der Waals surface area contributed by atoms with Crippen molar-refractivity contribution in [2.75, 3.05) is 7.05 Å². The zero-order valence-corrected chi connectivity index (χ0v) is 14.8. The van der Waals surface area contributed by atoms with E-state index in [-0.39, 0.29) is 5.91 Å². The molecule has 7 heteroatoms. The number of aromatic nitrogens is 2. The molecule has 2 heterocycles. The van der Waals surface area contributed by atoms with Gasteiger partial charge in [-0.25, -0.2) is 0 Å². The summed E-state index contributed by atoms with van der Waals surface area (Å²) < 4.78 is 11.1. The fourth-order valence-corrected chi connectivity index (χ4v) is 3.09. The average Bonchev–Trinajstić information content (AvgIpc) is 3.26. The number of halogens is 1. The molecule has 0 aliphatic carbocycles.